The van der Waals surface area contributed by atoms with E-state index >= 15 is 0 Å². The fourth-order valence-corrected chi connectivity index (χ4v) is 1.64. The smallest absolute Gasteiger partial charge is 0.0238 e. The molecule has 0 atom stereocenters. The van der Waals surface area contributed by atoms with Gasteiger partial charge in [0.1, 0.15) is 0 Å². The molecule has 0 fully saturated rings. The molecule has 0 amide bonds. The minimum absolute atomic E-state index is 1.01. The highest BCUT2D eigenvalue weighted by Gasteiger charge is 1.96. The Morgan fingerprint density at radius 1 is 1.27 bits per heavy atom. The molecule has 1 aromatic rings. The topological polar surface area (TPSA) is 0 Å². The molecular formula is C15H20. The van der Waals surface area contributed by atoms with E-state index in [1.165, 1.54) is 24.0 Å². The normalized spacial score (nSPS) is 9.93. The van der Waals surface area contributed by atoms with Gasteiger partial charge in [-0.1, -0.05) is 62.4 Å². The van der Waals surface area contributed by atoms with Gasteiger partial charge >= 0.3 is 0 Å². The molecule has 0 unspecified atom stereocenters. The van der Waals surface area contributed by atoms with Crippen molar-refractivity contribution in [2.45, 2.75) is 32.6 Å². The molecule has 80 valence electrons. The van der Waals surface area contributed by atoms with Gasteiger partial charge in [-0.15, -0.1) is 0 Å². The molecule has 0 saturated heterocycles. The maximum atomic E-state index is 3.93. The van der Waals surface area contributed by atoms with Gasteiger partial charge in [-0.2, -0.15) is 0 Å². The predicted molar refractivity (Wildman–Crippen MR) is 68.1 cm³/mol. The Labute approximate surface area is 93.3 Å². The lowest BCUT2D eigenvalue weighted by Gasteiger charge is -2.04. The Kier molecular flexibility index (Phi) is 4.89. The van der Waals surface area contributed by atoms with Crippen molar-refractivity contribution in [2.24, 2.45) is 0 Å². The summed E-state index contributed by atoms with van der Waals surface area (Å²) in [5.74, 6) is 0. The third-order valence-electron chi connectivity index (χ3n) is 2.55. The molecule has 0 bridgehead atoms. The van der Waals surface area contributed by atoms with Crippen molar-refractivity contribution in [1.82, 2.24) is 0 Å². The molecule has 0 aliphatic carbocycles. The van der Waals surface area contributed by atoms with Crippen molar-refractivity contribution in [2.75, 3.05) is 0 Å². The van der Waals surface area contributed by atoms with Crippen LogP contribution >= 0.6 is 0 Å². The van der Waals surface area contributed by atoms with E-state index in [2.05, 4.69) is 44.3 Å². The molecular weight excluding hydrogens is 180 g/mol. The van der Waals surface area contributed by atoms with Gasteiger partial charge in [0.15, 0.2) is 0 Å². The summed E-state index contributed by atoms with van der Waals surface area (Å²) < 4.78 is 0. The van der Waals surface area contributed by atoms with E-state index in [-0.39, 0.29) is 0 Å². The quantitative estimate of drug-likeness (QED) is 0.600. The molecule has 1 rings (SSSR count). The number of aryl methyl sites for hydroxylation is 2. The highest BCUT2D eigenvalue weighted by Crippen LogP contribution is 2.12. The Morgan fingerprint density at radius 3 is 2.53 bits per heavy atom. The van der Waals surface area contributed by atoms with Gasteiger partial charge in [0.05, 0.1) is 0 Å². The van der Waals surface area contributed by atoms with E-state index in [9.17, 15) is 0 Å². The maximum Gasteiger partial charge on any atom is -0.0238 e. The van der Waals surface area contributed by atoms with Crippen molar-refractivity contribution in [3.8, 4) is 0 Å². The van der Waals surface area contributed by atoms with Gasteiger partial charge in [0, 0.05) is 0 Å². The summed E-state index contributed by atoms with van der Waals surface area (Å²) in [4.78, 5) is 0. The molecule has 0 N–H and O–H groups in total. The van der Waals surface area contributed by atoms with Crippen LogP contribution in [0.5, 0.6) is 0 Å². The van der Waals surface area contributed by atoms with E-state index in [0.717, 1.165) is 18.4 Å². The lowest BCUT2D eigenvalue weighted by molar-refractivity contribution is 0.909. The summed E-state index contributed by atoms with van der Waals surface area (Å²) in [6.45, 7) is 9.86. The Hall–Kier alpha value is -1.30. The van der Waals surface area contributed by atoms with Crippen LogP contribution in [0, 0.1) is 0 Å². The van der Waals surface area contributed by atoms with E-state index in [1.807, 2.05) is 6.08 Å². The van der Waals surface area contributed by atoms with Gasteiger partial charge in [0.2, 0.25) is 0 Å². The zero-order valence-electron chi connectivity index (χ0n) is 9.63. The first kappa shape index (κ1) is 11.8. The van der Waals surface area contributed by atoms with Crippen molar-refractivity contribution >= 4 is 0 Å². The van der Waals surface area contributed by atoms with Crippen LogP contribution in [0.3, 0.4) is 0 Å². The van der Waals surface area contributed by atoms with E-state index in [4.69, 9.17) is 0 Å². The summed E-state index contributed by atoms with van der Waals surface area (Å²) >= 11 is 0. The fourth-order valence-electron chi connectivity index (χ4n) is 1.64. The van der Waals surface area contributed by atoms with Gasteiger partial charge in [0.25, 0.3) is 0 Å². The van der Waals surface area contributed by atoms with Crippen LogP contribution in [0.15, 0.2) is 49.1 Å². The first-order chi connectivity index (χ1) is 7.26. The number of benzene rings is 1. The lowest BCUT2D eigenvalue weighted by atomic mass is 10.0. The SMILES string of the molecule is C=CC(=C)CCc1cccc(CCC)c1. The number of rotatable bonds is 6. The monoisotopic (exact) mass is 200 g/mol. The molecule has 1 aromatic carbocycles. The molecule has 0 nitrogen and oxygen atoms in total. The molecule has 15 heavy (non-hydrogen) atoms. The number of allylic oxidation sites excluding steroid dienone is 2. The third-order valence-corrected chi connectivity index (χ3v) is 2.55. The average Bonchev–Trinajstić information content (AvgIpc) is 2.27. The van der Waals surface area contributed by atoms with Crippen LogP contribution in [0.4, 0.5) is 0 Å². The largest absolute Gasteiger partial charge is 0.0988 e. The van der Waals surface area contributed by atoms with Crippen molar-refractivity contribution in [1.29, 1.82) is 0 Å². The third kappa shape index (κ3) is 4.16. The molecule has 0 heteroatoms. The highest BCUT2D eigenvalue weighted by atomic mass is 14.0. The fraction of sp³-hybridized carbons (Fsp3) is 0.333. The van der Waals surface area contributed by atoms with Crippen LogP contribution in [0.2, 0.25) is 0 Å². The van der Waals surface area contributed by atoms with Crippen LogP contribution in [-0.4, -0.2) is 0 Å². The van der Waals surface area contributed by atoms with Gasteiger partial charge in [-0.05, 0) is 30.4 Å². The first-order valence-corrected chi connectivity index (χ1v) is 5.64. The van der Waals surface area contributed by atoms with Crippen molar-refractivity contribution in [3.05, 3.63) is 60.2 Å². The summed E-state index contributed by atoms with van der Waals surface area (Å²) in [5, 5.41) is 0. The summed E-state index contributed by atoms with van der Waals surface area (Å²) in [7, 11) is 0. The van der Waals surface area contributed by atoms with E-state index in [1.54, 1.807) is 0 Å². The number of hydrogen-bond donors (Lipinski definition) is 0. The van der Waals surface area contributed by atoms with Crippen molar-refractivity contribution < 1.29 is 0 Å². The van der Waals surface area contributed by atoms with Crippen LogP contribution in [0.25, 0.3) is 0 Å². The van der Waals surface area contributed by atoms with Crippen LogP contribution in [-0.2, 0) is 12.8 Å². The average molecular weight is 200 g/mol. The molecule has 0 spiro atoms. The molecule has 0 radical (unpaired) electrons. The molecule has 0 aromatic heterocycles. The summed E-state index contributed by atoms with van der Waals surface area (Å²) in [5.41, 5.74) is 3.97. The van der Waals surface area contributed by atoms with Crippen molar-refractivity contribution in [3.63, 3.8) is 0 Å². The standard InChI is InChI=1S/C15H20/c1-4-7-14-8-6-9-15(12-14)11-10-13(3)5-2/h5-6,8-9,12H,2-4,7,10-11H2,1H3. The Bertz CT molecular complexity index is 334. The van der Waals surface area contributed by atoms with E-state index in [0.29, 0.717) is 0 Å². The zero-order chi connectivity index (χ0) is 11.1. The molecule has 0 heterocycles. The zero-order valence-corrected chi connectivity index (χ0v) is 9.63. The summed E-state index contributed by atoms with van der Waals surface area (Å²) in [6.07, 6.45) is 6.32. The van der Waals surface area contributed by atoms with Gasteiger partial charge in [-0.3, -0.25) is 0 Å². The maximum absolute atomic E-state index is 3.93. The second-order valence-electron chi connectivity index (χ2n) is 3.93. The second-order valence-corrected chi connectivity index (χ2v) is 3.93. The minimum Gasteiger partial charge on any atom is -0.0988 e. The Balaban J connectivity index is 2.57. The Morgan fingerprint density at radius 2 is 1.93 bits per heavy atom. The first-order valence-electron chi connectivity index (χ1n) is 5.64. The van der Waals surface area contributed by atoms with Crippen LogP contribution < -0.4 is 0 Å². The predicted octanol–water partition coefficient (Wildman–Crippen LogP) is 4.31. The lowest BCUT2D eigenvalue weighted by Crippen LogP contribution is -1.89. The van der Waals surface area contributed by atoms with Gasteiger partial charge in [-0.25, -0.2) is 0 Å². The van der Waals surface area contributed by atoms with E-state index < -0.39 is 0 Å². The minimum atomic E-state index is 1.01. The number of hydrogen-bond acceptors (Lipinski definition) is 0. The molecule has 0 aliphatic heterocycles. The highest BCUT2D eigenvalue weighted by molar-refractivity contribution is 5.25. The molecule has 0 aliphatic rings. The summed E-state index contributed by atoms with van der Waals surface area (Å²) in [6, 6.07) is 8.85. The van der Waals surface area contributed by atoms with Crippen LogP contribution in [0.1, 0.15) is 30.9 Å². The van der Waals surface area contributed by atoms with Gasteiger partial charge < -0.3 is 0 Å². The molecule has 0 saturated carbocycles. The second kappa shape index (κ2) is 6.23.